The van der Waals surface area contributed by atoms with Crippen LogP contribution >= 0.6 is 0 Å². The summed E-state index contributed by atoms with van der Waals surface area (Å²) in [5, 5.41) is 0. The van der Waals surface area contributed by atoms with E-state index in [1.807, 2.05) is 0 Å². The molecule has 0 bridgehead atoms. The van der Waals surface area contributed by atoms with Gasteiger partial charge in [-0.15, -0.1) is 0 Å². The zero-order chi connectivity index (χ0) is 12.3. The van der Waals surface area contributed by atoms with E-state index in [2.05, 4.69) is 53.9 Å². The Morgan fingerprint density at radius 3 is 3.00 bits per heavy atom. The van der Waals surface area contributed by atoms with Gasteiger partial charge in [-0.05, 0) is 45.0 Å². The van der Waals surface area contributed by atoms with Crippen molar-refractivity contribution in [1.29, 1.82) is 0 Å². The van der Waals surface area contributed by atoms with Crippen molar-refractivity contribution >= 4 is 5.82 Å². The Morgan fingerprint density at radius 1 is 1.47 bits per heavy atom. The SMILES string of the molecule is CCN(C)CC1CCN(c2cccc(C)n2)C1. The minimum Gasteiger partial charge on any atom is -0.356 e. The molecule has 1 aromatic rings. The number of anilines is 1. The molecular formula is C14H23N3. The van der Waals surface area contributed by atoms with Crippen LogP contribution in [0.5, 0.6) is 0 Å². The molecule has 0 saturated carbocycles. The second-order valence-electron chi connectivity index (χ2n) is 5.09. The summed E-state index contributed by atoms with van der Waals surface area (Å²) in [6.07, 6.45) is 1.29. The number of hydrogen-bond donors (Lipinski definition) is 0. The van der Waals surface area contributed by atoms with Crippen LogP contribution in [0.2, 0.25) is 0 Å². The number of rotatable bonds is 4. The quantitative estimate of drug-likeness (QED) is 0.794. The Labute approximate surface area is 104 Å². The summed E-state index contributed by atoms with van der Waals surface area (Å²) in [6, 6.07) is 6.28. The third kappa shape index (κ3) is 3.19. The van der Waals surface area contributed by atoms with E-state index in [-0.39, 0.29) is 0 Å². The van der Waals surface area contributed by atoms with Gasteiger partial charge in [0.2, 0.25) is 0 Å². The lowest BCUT2D eigenvalue weighted by molar-refractivity contribution is 0.300. The van der Waals surface area contributed by atoms with Crippen LogP contribution in [0.15, 0.2) is 18.2 Å². The van der Waals surface area contributed by atoms with Gasteiger partial charge in [-0.25, -0.2) is 4.98 Å². The van der Waals surface area contributed by atoms with E-state index in [4.69, 9.17) is 0 Å². The first kappa shape index (κ1) is 12.4. The third-order valence-electron chi connectivity index (χ3n) is 3.59. The fourth-order valence-corrected chi connectivity index (χ4v) is 2.46. The van der Waals surface area contributed by atoms with E-state index >= 15 is 0 Å². The molecule has 1 aliphatic heterocycles. The second kappa shape index (κ2) is 5.50. The number of hydrogen-bond acceptors (Lipinski definition) is 3. The zero-order valence-corrected chi connectivity index (χ0v) is 11.2. The lowest BCUT2D eigenvalue weighted by Crippen LogP contribution is -2.28. The molecule has 3 heteroatoms. The molecule has 1 aliphatic rings. The van der Waals surface area contributed by atoms with E-state index in [0.29, 0.717) is 0 Å². The van der Waals surface area contributed by atoms with Crippen LogP contribution in [-0.2, 0) is 0 Å². The smallest absolute Gasteiger partial charge is 0.128 e. The minimum absolute atomic E-state index is 0.794. The van der Waals surface area contributed by atoms with Crippen molar-refractivity contribution in [1.82, 2.24) is 9.88 Å². The normalized spacial score (nSPS) is 20.2. The van der Waals surface area contributed by atoms with Gasteiger partial charge in [0.1, 0.15) is 5.82 Å². The van der Waals surface area contributed by atoms with Crippen LogP contribution in [0.1, 0.15) is 19.0 Å². The van der Waals surface area contributed by atoms with Crippen LogP contribution < -0.4 is 4.90 Å². The van der Waals surface area contributed by atoms with E-state index in [1.54, 1.807) is 0 Å². The van der Waals surface area contributed by atoms with Crippen LogP contribution in [-0.4, -0.2) is 43.1 Å². The summed E-state index contributed by atoms with van der Waals surface area (Å²) in [5.41, 5.74) is 1.11. The highest BCUT2D eigenvalue weighted by Gasteiger charge is 2.23. The largest absolute Gasteiger partial charge is 0.356 e. The highest BCUT2D eigenvalue weighted by atomic mass is 15.2. The maximum absolute atomic E-state index is 4.60. The first-order valence-corrected chi connectivity index (χ1v) is 6.56. The maximum atomic E-state index is 4.60. The summed E-state index contributed by atoms with van der Waals surface area (Å²) in [6.45, 7) is 8.92. The number of pyridine rings is 1. The van der Waals surface area contributed by atoms with E-state index in [1.165, 1.54) is 13.0 Å². The predicted octanol–water partition coefficient (Wildman–Crippen LogP) is 2.17. The number of aromatic nitrogens is 1. The number of nitrogens with zero attached hydrogens (tertiary/aromatic N) is 3. The maximum Gasteiger partial charge on any atom is 0.128 e. The Kier molecular flexibility index (Phi) is 4.00. The average Bonchev–Trinajstić information content (AvgIpc) is 2.77. The molecule has 2 heterocycles. The van der Waals surface area contributed by atoms with Gasteiger partial charge in [-0.2, -0.15) is 0 Å². The summed E-state index contributed by atoms with van der Waals surface area (Å²) < 4.78 is 0. The zero-order valence-electron chi connectivity index (χ0n) is 11.2. The highest BCUT2D eigenvalue weighted by Crippen LogP contribution is 2.22. The molecule has 3 nitrogen and oxygen atoms in total. The fraction of sp³-hybridized carbons (Fsp3) is 0.643. The summed E-state index contributed by atoms with van der Waals surface area (Å²) >= 11 is 0. The predicted molar refractivity (Wildman–Crippen MR) is 72.5 cm³/mol. The van der Waals surface area contributed by atoms with Crippen molar-refractivity contribution in [2.75, 3.05) is 38.1 Å². The third-order valence-corrected chi connectivity index (χ3v) is 3.59. The highest BCUT2D eigenvalue weighted by molar-refractivity contribution is 5.40. The van der Waals surface area contributed by atoms with E-state index in [9.17, 15) is 0 Å². The summed E-state index contributed by atoms with van der Waals surface area (Å²) in [5.74, 6) is 1.94. The Bertz CT molecular complexity index is 364. The van der Waals surface area contributed by atoms with Crippen molar-refractivity contribution in [2.24, 2.45) is 5.92 Å². The molecule has 1 atom stereocenters. The van der Waals surface area contributed by atoms with Gasteiger partial charge in [0.25, 0.3) is 0 Å². The first-order chi connectivity index (χ1) is 8.19. The Balaban J connectivity index is 1.93. The second-order valence-corrected chi connectivity index (χ2v) is 5.09. The standard InChI is InChI=1S/C14H23N3/c1-4-16(3)10-13-8-9-17(11-13)14-7-5-6-12(2)15-14/h5-7,13H,4,8-11H2,1-3H3. The van der Waals surface area contributed by atoms with Gasteiger partial charge in [0, 0.05) is 25.3 Å². The van der Waals surface area contributed by atoms with Crippen LogP contribution in [0.3, 0.4) is 0 Å². The van der Waals surface area contributed by atoms with Crippen LogP contribution in [0.4, 0.5) is 5.82 Å². The van der Waals surface area contributed by atoms with Gasteiger partial charge in [-0.1, -0.05) is 13.0 Å². The summed E-state index contributed by atoms with van der Waals surface area (Å²) in [7, 11) is 2.20. The van der Waals surface area contributed by atoms with Gasteiger partial charge < -0.3 is 9.80 Å². The lowest BCUT2D eigenvalue weighted by atomic mass is 10.1. The van der Waals surface area contributed by atoms with Gasteiger partial charge in [0.15, 0.2) is 0 Å². The number of aryl methyl sites for hydroxylation is 1. The monoisotopic (exact) mass is 233 g/mol. The van der Waals surface area contributed by atoms with Crippen molar-refractivity contribution in [3.05, 3.63) is 23.9 Å². The van der Waals surface area contributed by atoms with Crippen LogP contribution in [0, 0.1) is 12.8 Å². The summed E-state index contributed by atoms with van der Waals surface area (Å²) in [4.78, 5) is 9.42. The molecule has 0 N–H and O–H groups in total. The molecule has 94 valence electrons. The molecule has 0 spiro atoms. The molecular weight excluding hydrogens is 210 g/mol. The van der Waals surface area contributed by atoms with Gasteiger partial charge in [-0.3, -0.25) is 0 Å². The molecule has 1 saturated heterocycles. The van der Waals surface area contributed by atoms with Gasteiger partial charge >= 0.3 is 0 Å². The Hall–Kier alpha value is -1.09. The topological polar surface area (TPSA) is 19.4 Å². The molecule has 1 fully saturated rings. The van der Waals surface area contributed by atoms with Gasteiger partial charge in [0.05, 0.1) is 0 Å². The molecule has 0 aliphatic carbocycles. The molecule has 1 unspecified atom stereocenters. The molecule has 17 heavy (non-hydrogen) atoms. The molecule has 2 rings (SSSR count). The molecule has 1 aromatic heterocycles. The van der Waals surface area contributed by atoms with Crippen molar-refractivity contribution in [2.45, 2.75) is 20.3 Å². The van der Waals surface area contributed by atoms with E-state index in [0.717, 1.165) is 37.1 Å². The average molecular weight is 233 g/mol. The van der Waals surface area contributed by atoms with Crippen molar-refractivity contribution < 1.29 is 0 Å². The lowest BCUT2D eigenvalue weighted by Gasteiger charge is -2.20. The Morgan fingerprint density at radius 2 is 2.29 bits per heavy atom. The van der Waals surface area contributed by atoms with Crippen molar-refractivity contribution in [3.63, 3.8) is 0 Å². The molecule has 0 amide bonds. The van der Waals surface area contributed by atoms with Crippen molar-refractivity contribution in [3.8, 4) is 0 Å². The minimum atomic E-state index is 0.794. The van der Waals surface area contributed by atoms with Crippen LogP contribution in [0.25, 0.3) is 0 Å². The molecule has 0 radical (unpaired) electrons. The fourth-order valence-electron chi connectivity index (χ4n) is 2.46. The van der Waals surface area contributed by atoms with E-state index < -0.39 is 0 Å². The first-order valence-electron chi connectivity index (χ1n) is 6.56. The molecule has 0 aromatic carbocycles.